The van der Waals surface area contributed by atoms with Crippen LogP contribution >= 0.6 is 0 Å². The standard InChI is InChI=1S/C22H26N6O2/c1-14(2)11-27-16(4)15(3)20-21(27)23-13-28-22(20)25-19(26-28)12-30-24-10-17-8-6-7-9-18(17)29-5/h6-10,13-14H,11-12H2,1-5H3/b24-10-. The van der Waals surface area contributed by atoms with Crippen molar-refractivity contribution in [3.05, 3.63) is 53.2 Å². The highest BCUT2D eigenvalue weighted by Gasteiger charge is 2.18. The summed E-state index contributed by atoms with van der Waals surface area (Å²) in [6, 6.07) is 7.61. The molecule has 0 radical (unpaired) electrons. The Balaban J connectivity index is 1.59. The van der Waals surface area contributed by atoms with Gasteiger partial charge in [-0.05, 0) is 37.5 Å². The number of para-hydroxylation sites is 1. The second-order valence-electron chi connectivity index (χ2n) is 7.70. The summed E-state index contributed by atoms with van der Waals surface area (Å²) in [5.74, 6) is 1.82. The van der Waals surface area contributed by atoms with E-state index in [0.29, 0.717) is 11.7 Å². The maximum absolute atomic E-state index is 5.43. The van der Waals surface area contributed by atoms with Crippen LogP contribution in [0.2, 0.25) is 0 Å². The molecule has 0 saturated heterocycles. The van der Waals surface area contributed by atoms with Gasteiger partial charge in [0.05, 0.1) is 18.7 Å². The molecule has 0 bridgehead atoms. The third-order valence-electron chi connectivity index (χ3n) is 5.14. The van der Waals surface area contributed by atoms with Crippen molar-refractivity contribution in [1.82, 2.24) is 24.1 Å². The Labute approximate surface area is 175 Å². The first-order chi connectivity index (χ1) is 14.5. The highest BCUT2D eigenvalue weighted by molar-refractivity contribution is 5.93. The molecule has 0 atom stereocenters. The van der Waals surface area contributed by atoms with Crippen molar-refractivity contribution in [2.24, 2.45) is 11.1 Å². The minimum absolute atomic E-state index is 0.166. The Hall–Kier alpha value is -3.42. The van der Waals surface area contributed by atoms with E-state index in [0.717, 1.165) is 34.5 Å². The molecule has 3 heterocycles. The maximum Gasteiger partial charge on any atom is 0.192 e. The molecule has 0 aliphatic heterocycles. The van der Waals surface area contributed by atoms with Crippen molar-refractivity contribution in [1.29, 1.82) is 0 Å². The van der Waals surface area contributed by atoms with E-state index in [2.05, 4.69) is 52.5 Å². The van der Waals surface area contributed by atoms with Crippen LogP contribution in [-0.2, 0) is 18.0 Å². The molecule has 0 unspecified atom stereocenters. The van der Waals surface area contributed by atoms with Gasteiger partial charge in [0.25, 0.3) is 0 Å². The molecule has 30 heavy (non-hydrogen) atoms. The zero-order chi connectivity index (χ0) is 21.3. The predicted molar refractivity (Wildman–Crippen MR) is 116 cm³/mol. The lowest BCUT2D eigenvalue weighted by molar-refractivity contribution is 0.126. The summed E-state index contributed by atoms with van der Waals surface area (Å²) in [5, 5.41) is 9.56. The number of fused-ring (bicyclic) bond motifs is 3. The van der Waals surface area contributed by atoms with Crippen LogP contribution in [0.1, 0.15) is 36.5 Å². The molecular formula is C22H26N6O2. The van der Waals surface area contributed by atoms with Gasteiger partial charge < -0.3 is 14.1 Å². The molecule has 0 spiro atoms. The fourth-order valence-corrected chi connectivity index (χ4v) is 3.59. The van der Waals surface area contributed by atoms with E-state index in [1.165, 1.54) is 11.3 Å². The minimum Gasteiger partial charge on any atom is -0.496 e. The van der Waals surface area contributed by atoms with Crippen LogP contribution in [-0.4, -0.2) is 37.5 Å². The van der Waals surface area contributed by atoms with Crippen LogP contribution in [0.15, 0.2) is 35.7 Å². The van der Waals surface area contributed by atoms with Crippen molar-refractivity contribution in [2.45, 2.75) is 40.8 Å². The Kier molecular flexibility index (Phi) is 5.39. The van der Waals surface area contributed by atoms with Crippen LogP contribution in [0.3, 0.4) is 0 Å². The maximum atomic E-state index is 5.43. The van der Waals surface area contributed by atoms with E-state index >= 15 is 0 Å². The van der Waals surface area contributed by atoms with Crippen molar-refractivity contribution < 1.29 is 9.57 Å². The Morgan fingerprint density at radius 3 is 2.73 bits per heavy atom. The summed E-state index contributed by atoms with van der Waals surface area (Å²) in [6.45, 7) is 9.73. The molecule has 0 fully saturated rings. The summed E-state index contributed by atoms with van der Waals surface area (Å²) in [7, 11) is 1.63. The Morgan fingerprint density at radius 1 is 1.17 bits per heavy atom. The summed E-state index contributed by atoms with van der Waals surface area (Å²) >= 11 is 0. The summed E-state index contributed by atoms with van der Waals surface area (Å²) in [6.07, 6.45) is 3.33. The zero-order valence-corrected chi connectivity index (χ0v) is 18.0. The zero-order valence-electron chi connectivity index (χ0n) is 18.0. The van der Waals surface area contributed by atoms with Gasteiger partial charge in [0.15, 0.2) is 18.1 Å². The number of nitrogens with zero attached hydrogens (tertiary/aromatic N) is 6. The van der Waals surface area contributed by atoms with E-state index in [1.807, 2.05) is 24.3 Å². The number of oxime groups is 1. The second-order valence-corrected chi connectivity index (χ2v) is 7.70. The molecule has 0 amide bonds. The molecule has 4 aromatic rings. The lowest BCUT2D eigenvalue weighted by atomic mass is 10.2. The molecule has 8 heteroatoms. The molecule has 0 aliphatic carbocycles. The fourth-order valence-electron chi connectivity index (χ4n) is 3.59. The molecule has 4 rings (SSSR count). The van der Waals surface area contributed by atoms with Gasteiger partial charge in [-0.15, -0.1) is 5.10 Å². The van der Waals surface area contributed by atoms with Gasteiger partial charge in [-0.25, -0.2) is 14.5 Å². The molecular weight excluding hydrogens is 380 g/mol. The third-order valence-corrected chi connectivity index (χ3v) is 5.14. The lowest BCUT2D eigenvalue weighted by Crippen LogP contribution is -2.07. The van der Waals surface area contributed by atoms with Crippen LogP contribution in [0, 0.1) is 19.8 Å². The minimum atomic E-state index is 0.166. The second kappa shape index (κ2) is 8.14. The first kappa shape index (κ1) is 19.9. The van der Waals surface area contributed by atoms with Crippen LogP contribution < -0.4 is 4.74 Å². The van der Waals surface area contributed by atoms with Crippen molar-refractivity contribution >= 4 is 22.9 Å². The Bertz CT molecular complexity index is 1220. The topological polar surface area (TPSA) is 78.8 Å². The van der Waals surface area contributed by atoms with E-state index < -0.39 is 0 Å². The monoisotopic (exact) mass is 406 g/mol. The number of rotatable bonds is 7. The van der Waals surface area contributed by atoms with Crippen LogP contribution in [0.5, 0.6) is 5.75 Å². The number of benzene rings is 1. The molecule has 0 N–H and O–H groups in total. The van der Waals surface area contributed by atoms with Crippen molar-refractivity contribution in [2.75, 3.05) is 7.11 Å². The largest absolute Gasteiger partial charge is 0.496 e. The summed E-state index contributed by atoms with van der Waals surface area (Å²) in [5.41, 5.74) is 4.96. The highest BCUT2D eigenvalue weighted by atomic mass is 16.6. The van der Waals surface area contributed by atoms with Gasteiger partial charge in [0.2, 0.25) is 0 Å². The average molecular weight is 406 g/mol. The fraction of sp³-hybridized carbons (Fsp3) is 0.364. The van der Waals surface area contributed by atoms with Crippen LogP contribution in [0.4, 0.5) is 0 Å². The van der Waals surface area contributed by atoms with Crippen molar-refractivity contribution in [3.63, 3.8) is 0 Å². The van der Waals surface area contributed by atoms with Gasteiger partial charge in [-0.3, -0.25) is 0 Å². The number of methoxy groups -OCH3 is 1. The van der Waals surface area contributed by atoms with E-state index in [1.54, 1.807) is 24.2 Å². The molecule has 1 aromatic carbocycles. The lowest BCUT2D eigenvalue weighted by Gasteiger charge is -2.10. The third kappa shape index (κ3) is 3.60. The van der Waals surface area contributed by atoms with Gasteiger partial charge >= 0.3 is 0 Å². The number of hydrogen-bond donors (Lipinski definition) is 0. The predicted octanol–water partition coefficient (Wildman–Crippen LogP) is 3.91. The first-order valence-electron chi connectivity index (χ1n) is 9.97. The van der Waals surface area contributed by atoms with Gasteiger partial charge in [-0.1, -0.05) is 31.1 Å². The van der Waals surface area contributed by atoms with Gasteiger partial charge in [0, 0.05) is 17.8 Å². The van der Waals surface area contributed by atoms with Crippen LogP contribution in [0.25, 0.3) is 16.7 Å². The highest BCUT2D eigenvalue weighted by Crippen LogP contribution is 2.27. The molecule has 156 valence electrons. The van der Waals surface area contributed by atoms with Gasteiger partial charge in [0.1, 0.15) is 17.7 Å². The molecule has 0 aliphatic rings. The first-order valence-corrected chi connectivity index (χ1v) is 9.97. The molecule has 0 saturated carbocycles. The summed E-state index contributed by atoms with van der Waals surface area (Å²) in [4.78, 5) is 14.8. The number of aromatic nitrogens is 5. The molecule has 8 nitrogen and oxygen atoms in total. The van der Waals surface area contributed by atoms with E-state index in [4.69, 9.17) is 9.57 Å². The number of aryl methyl sites for hydroxylation is 1. The van der Waals surface area contributed by atoms with E-state index in [9.17, 15) is 0 Å². The normalized spacial score (nSPS) is 11.9. The van der Waals surface area contributed by atoms with Crippen molar-refractivity contribution in [3.8, 4) is 5.75 Å². The van der Waals surface area contributed by atoms with E-state index in [-0.39, 0.29) is 6.61 Å². The number of ether oxygens (including phenoxy) is 1. The summed E-state index contributed by atoms with van der Waals surface area (Å²) < 4.78 is 9.27. The SMILES string of the molecule is COc1ccccc1/C=N\OCc1nc2c3c(C)c(C)n(CC(C)C)c3ncn2n1. The quantitative estimate of drug-likeness (QED) is 0.343. The molecule has 3 aromatic heterocycles. The van der Waals surface area contributed by atoms with Gasteiger partial charge in [-0.2, -0.15) is 0 Å². The smallest absolute Gasteiger partial charge is 0.192 e. The number of hydrogen-bond acceptors (Lipinski definition) is 6. The average Bonchev–Trinajstić information content (AvgIpc) is 3.25. The Morgan fingerprint density at radius 2 is 1.97 bits per heavy atom.